The first-order valence-electron chi connectivity index (χ1n) is 10.4. The van der Waals surface area contributed by atoms with Crippen molar-refractivity contribution in [2.45, 2.75) is 45.6 Å². The summed E-state index contributed by atoms with van der Waals surface area (Å²) in [5.41, 5.74) is 2.09. The Morgan fingerprint density at radius 2 is 1.88 bits per heavy atom. The number of aromatic nitrogens is 3. The van der Waals surface area contributed by atoms with Crippen molar-refractivity contribution in [1.29, 1.82) is 0 Å². The van der Waals surface area contributed by atoms with E-state index in [2.05, 4.69) is 15.5 Å². The molecule has 2 aromatic carbocycles. The van der Waals surface area contributed by atoms with Crippen molar-refractivity contribution in [3.63, 3.8) is 0 Å². The molecule has 0 saturated heterocycles. The van der Waals surface area contributed by atoms with Gasteiger partial charge in [0.2, 0.25) is 0 Å². The third-order valence-electron chi connectivity index (χ3n) is 4.47. The second kappa shape index (κ2) is 10.7. The van der Waals surface area contributed by atoms with E-state index >= 15 is 0 Å². The number of hydrogen-bond donors (Lipinski definition) is 1. The Bertz CT molecular complexity index is 1020. The Balaban J connectivity index is 1.57. The van der Waals surface area contributed by atoms with Gasteiger partial charge in [-0.15, -0.1) is 5.10 Å². The highest BCUT2D eigenvalue weighted by molar-refractivity contribution is 6.64. The van der Waals surface area contributed by atoms with E-state index in [0.717, 1.165) is 23.0 Å². The van der Waals surface area contributed by atoms with Gasteiger partial charge in [0.15, 0.2) is 6.73 Å². The standard InChI is InChI=1S/C23H27BN4O4/c1-23(2,3)32-22(30)20(25-24-15-29)13-17-9-11-19(12-10-17)31-16-28-14-21(26-27-28)18-7-5-4-6-8-18/h4-12,14-15,20,24-25H,13,16H2,1-3H3/t20-/m0/s1. The number of nitrogens with zero attached hydrogens (tertiary/aromatic N) is 3. The van der Waals surface area contributed by atoms with Crippen LogP contribution in [0.2, 0.25) is 0 Å². The maximum atomic E-state index is 12.5. The molecule has 166 valence electrons. The first-order chi connectivity index (χ1) is 15.3. The Kier molecular flexibility index (Phi) is 7.78. The largest absolute Gasteiger partial charge is 0.471 e. The molecule has 0 radical (unpaired) electrons. The summed E-state index contributed by atoms with van der Waals surface area (Å²) in [4.78, 5) is 23.2. The third-order valence-corrected chi connectivity index (χ3v) is 4.47. The highest BCUT2D eigenvalue weighted by Crippen LogP contribution is 2.17. The Labute approximate surface area is 188 Å². The van der Waals surface area contributed by atoms with E-state index < -0.39 is 11.6 Å². The lowest BCUT2D eigenvalue weighted by molar-refractivity contribution is -0.156. The number of rotatable bonds is 10. The quantitative estimate of drug-likeness (QED) is 0.297. The molecule has 32 heavy (non-hydrogen) atoms. The fourth-order valence-corrected chi connectivity index (χ4v) is 3.00. The molecule has 0 unspecified atom stereocenters. The molecule has 0 amide bonds. The molecule has 8 nitrogen and oxygen atoms in total. The molecule has 0 saturated carbocycles. The van der Waals surface area contributed by atoms with Crippen LogP contribution in [0.25, 0.3) is 11.3 Å². The molecule has 3 aromatic rings. The molecule has 0 fully saturated rings. The fourth-order valence-electron chi connectivity index (χ4n) is 3.00. The minimum Gasteiger partial charge on any atom is -0.471 e. The Hall–Kier alpha value is -3.46. The number of ether oxygens (including phenoxy) is 2. The summed E-state index contributed by atoms with van der Waals surface area (Å²) in [5, 5.41) is 11.2. The lowest BCUT2D eigenvalue weighted by atomic mass is 9.94. The van der Waals surface area contributed by atoms with Gasteiger partial charge in [-0.2, -0.15) is 0 Å². The monoisotopic (exact) mass is 434 g/mol. The van der Waals surface area contributed by atoms with Gasteiger partial charge in [-0.25, -0.2) is 4.68 Å². The van der Waals surface area contributed by atoms with Crippen molar-refractivity contribution in [1.82, 2.24) is 20.2 Å². The summed E-state index contributed by atoms with van der Waals surface area (Å²) in [6, 6.07) is 16.6. The molecular formula is C23H27BN4O4. The topological polar surface area (TPSA) is 95.3 Å². The predicted octanol–water partition coefficient (Wildman–Crippen LogP) is 2.37. The lowest BCUT2D eigenvalue weighted by Gasteiger charge is -2.24. The molecule has 0 bridgehead atoms. The Morgan fingerprint density at radius 1 is 1.16 bits per heavy atom. The molecule has 9 heteroatoms. The molecule has 1 heterocycles. The molecule has 1 N–H and O–H groups in total. The van der Waals surface area contributed by atoms with Gasteiger partial charge in [0.25, 0.3) is 7.41 Å². The summed E-state index contributed by atoms with van der Waals surface area (Å²) in [6.07, 6.45) is 2.95. The number of carbonyl (C=O) groups excluding carboxylic acids is 2. The third kappa shape index (κ3) is 7.06. The van der Waals surface area contributed by atoms with E-state index in [-0.39, 0.29) is 20.1 Å². The van der Waals surface area contributed by atoms with Crippen molar-refractivity contribution in [3.05, 3.63) is 66.4 Å². The second-order valence-corrected chi connectivity index (χ2v) is 8.29. The number of esters is 1. The number of nitrogens with one attached hydrogen (secondary N) is 1. The zero-order valence-corrected chi connectivity index (χ0v) is 18.5. The van der Waals surface area contributed by atoms with Crippen LogP contribution in [0.5, 0.6) is 5.75 Å². The predicted molar refractivity (Wildman–Crippen MR) is 123 cm³/mol. The first kappa shape index (κ1) is 23.2. The highest BCUT2D eigenvalue weighted by Gasteiger charge is 2.25. The average molecular weight is 434 g/mol. The van der Waals surface area contributed by atoms with Gasteiger partial charge in [0, 0.05) is 5.56 Å². The first-order valence-corrected chi connectivity index (χ1v) is 10.4. The van der Waals surface area contributed by atoms with Crippen molar-refractivity contribution in [2.24, 2.45) is 0 Å². The summed E-state index contributed by atoms with van der Waals surface area (Å²) in [6.45, 7) is 5.66. The van der Waals surface area contributed by atoms with Gasteiger partial charge < -0.3 is 19.5 Å². The Morgan fingerprint density at radius 3 is 2.53 bits per heavy atom. The van der Waals surface area contributed by atoms with Crippen molar-refractivity contribution in [2.75, 3.05) is 0 Å². The normalized spacial score (nSPS) is 12.1. The zero-order valence-electron chi connectivity index (χ0n) is 18.5. The molecule has 1 atom stereocenters. The summed E-state index contributed by atoms with van der Waals surface area (Å²) >= 11 is 0. The average Bonchev–Trinajstić information content (AvgIpc) is 3.24. The van der Waals surface area contributed by atoms with E-state index in [1.807, 2.05) is 81.6 Å². The van der Waals surface area contributed by atoms with E-state index in [1.54, 1.807) is 4.68 Å². The SMILES string of the molecule is CC(C)(C)OC(=O)[C@H](Cc1ccc(OCn2cc(-c3ccccc3)nn2)cc1)NBC=O. The van der Waals surface area contributed by atoms with Gasteiger partial charge in [-0.3, -0.25) is 4.79 Å². The van der Waals surface area contributed by atoms with Gasteiger partial charge in [0.05, 0.1) is 12.4 Å². The van der Waals surface area contributed by atoms with Crippen LogP contribution in [0, 0.1) is 0 Å². The summed E-state index contributed by atoms with van der Waals surface area (Å²) in [7, 11) is 0.0774. The molecule has 3 rings (SSSR count). The lowest BCUT2D eigenvalue weighted by Crippen LogP contribution is -2.44. The van der Waals surface area contributed by atoms with E-state index in [1.165, 1.54) is 0 Å². The molecular weight excluding hydrogens is 407 g/mol. The van der Waals surface area contributed by atoms with Gasteiger partial charge in [-0.1, -0.05) is 47.7 Å². The number of hydrogen-bond acceptors (Lipinski definition) is 7. The molecule has 0 aliphatic heterocycles. The molecule has 0 aliphatic rings. The zero-order chi connectivity index (χ0) is 23.0. The van der Waals surface area contributed by atoms with Crippen molar-refractivity contribution >= 4 is 19.6 Å². The van der Waals surface area contributed by atoms with Crippen LogP contribution >= 0.6 is 0 Å². The minimum atomic E-state index is -0.613. The maximum Gasteiger partial charge on any atom is 0.322 e. The van der Waals surface area contributed by atoms with Gasteiger partial charge in [0.1, 0.15) is 23.1 Å². The number of carbonyl (C=O) groups is 2. The van der Waals surface area contributed by atoms with Crippen LogP contribution in [-0.2, 0) is 27.5 Å². The second-order valence-electron chi connectivity index (χ2n) is 8.29. The van der Waals surface area contributed by atoms with Crippen LogP contribution in [0.1, 0.15) is 26.3 Å². The minimum absolute atomic E-state index is 0.0774. The van der Waals surface area contributed by atoms with E-state index in [4.69, 9.17) is 9.47 Å². The van der Waals surface area contributed by atoms with Crippen LogP contribution in [0.3, 0.4) is 0 Å². The van der Waals surface area contributed by atoms with Crippen LogP contribution in [0.15, 0.2) is 60.8 Å². The van der Waals surface area contributed by atoms with E-state index in [9.17, 15) is 9.59 Å². The van der Waals surface area contributed by atoms with Gasteiger partial charge >= 0.3 is 5.97 Å². The smallest absolute Gasteiger partial charge is 0.322 e. The van der Waals surface area contributed by atoms with Crippen molar-refractivity contribution in [3.8, 4) is 17.0 Å². The van der Waals surface area contributed by atoms with Crippen LogP contribution in [-0.4, -0.2) is 46.2 Å². The maximum absolute atomic E-state index is 12.5. The van der Waals surface area contributed by atoms with Crippen LogP contribution in [0.4, 0.5) is 0 Å². The summed E-state index contributed by atoms with van der Waals surface area (Å²) in [5.74, 6) is 0.278. The van der Waals surface area contributed by atoms with Crippen LogP contribution < -0.4 is 9.96 Å². The molecule has 0 aliphatic carbocycles. The summed E-state index contributed by atoms with van der Waals surface area (Å²) < 4.78 is 12.9. The molecule has 0 spiro atoms. The fraction of sp³-hybridized carbons (Fsp3) is 0.304. The van der Waals surface area contributed by atoms with E-state index in [0.29, 0.717) is 12.2 Å². The number of benzene rings is 2. The van der Waals surface area contributed by atoms with Gasteiger partial charge in [-0.05, 0) is 44.9 Å². The van der Waals surface area contributed by atoms with Crippen molar-refractivity contribution < 1.29 is 19.1 Å². The molecule has 1 aromatic heterocycles. The highest BCUT2D eigenvalue weighted by atomic mass is 16.6.